The maximum Gasteiger partial charge on any atom is 0.223 e. The van der Waals surface area contributed by atoms with Crippen molar-refractivity contribution in [2.24, 2.45) is 5.92 Å². The lowest BCUT2D eigenvalue weighted by molar-refractivity contribution is 0.436. The summed E-state index contributed by atoms with van der Waals surface area (Å²) in [5.74, 6) is 2.29. The van der Waals surface area contributed by atoms with Gasteiger partial charge in [-0.25, -0.2) is 19.6 Å². The van der Waals surface area contributed by atoms with E-state index in [1.54, 1.807) is 6.33 Å². The van der Waals surface area contributed by atoms with Crippen molar-refractivity contribution in [3.63, 3.8) is 0 Å². The van der Waals surface area contributed by atoms with Crippen LogP contribution >= 0.6 is 0 Å². The molecule has 0 saturated carbocycles. The summed E-state index contributed by atoms with van der Waals surface area (Å²) in [6.07, 6.45) is 4.78. The number of aromatic nitrogens is 5. The van der Waals surface area contributed by atoms with E-state index in [1.807, 2.05) is 4.68 Å². The Morgan fingerprint density at radius 1 is 1.27 bits per heavy atom. The van der Waals surface area contributed by atoms with Gasteiger partial charge < -0.3 is 5.32 Å². The van der Waals surface area contributed by atoms with E-state index in [9.17, 15) is 0 Å². The maximum atomic E-state index is 4.66. The van der Waals surface area contributed by atoms with E-state index in [1.165, 1.54) is 5.56 Å². The Kier molecular flexibility index (Phi) is 4.09. The Morgan fingerprint density at radius 2 is 2.00 bits per heavy atom. The molecule has 1 N–H and O–H groups in total. The van der Waals surface area contributed by atoms with Crippen LogP contribution < -0.4 is 5.32 Å². The monoisotopic (exact) mass is 300 g/mol. The van der Waals surface area contributed by atoms with Crippen LogP contribution in [0.2, 0.25) is 0 Å². The molecule has 1 atom stereocenters. The second-order valence-electron chi connectivity index (χ2n) is 6.48. The second kappa shape index (κ2) is 6.02. The van der Waals surface area contributed by atoms with E-state index < -0.39 is 0 Å². The van der Waals surface area contributed by atoms with Crippen LogP contribution in [0.15, 0.2) is 6.33 Å². The molecule has 1 aliphatic rings. The first-order chi connectivity index (χ1) is 10.5. The number of nitrogens with one attached hydrogen (secondary N) is 1. The topological polar surface area (TPSA) is 68.5 Å². The van der Waals surface area contributed by atoms with Crippen molar-refractivity contribution in [2.45, 2.75) is 59.5 Å². The van der Waals surface area contributed by atoms with Crippen molar-refractivity contribution in [3.8, 4) is 0 Å². The molecule has 0 saturated heterocycles. The Balaban J connectivity index is 1.83. The Bertz CT molecular complexity index is 637. The van der Waals surface area contributed by atoms with Gasteiger partial charge in [0.25, 0.3) is 0 Å². The van der Waals surface area contributed by atoms with Gasteiger partial charge in [0.2, 0.25) is 5.95 Å². The smallest absolute Gasteiger partial charge is 0.223 e. The van der Waals surface area contributed by atoms with Crippen molar-refractivity contribution in [2.75, 3.05) is 5.32 Å². The summed E-state index contributed by atoms with van der Waals surface area (Å²) in [6.45, 7) is 9.53. The summed E-state index contributed by atoms with van der Waals surface area (Å²) >= 11 is 0. The lowest BCUT2D eigenvalue weighted by Gasteiger charge is -2.23. The summed E-state index contributed by atoms with van der Waals surface area (Å²) in [5, 5.41) is 7.70. The quantitative estimate of drug-likeness (QED) is 0.940. The molecule has 22 heavy (non-hydrogen) atoms. The minimum absolute atomic E-state index is 0.144. The molecule has 118 valence electrons. The number of hydrogen-bond donors (Lipinski definition) is 1. The molecular weight excluding hydrogens is 276 g/mol. The van der Waals surface area contributed by atoms with E-state index in [2.05, 4.69) is 53.1 Å². The van der Waals surface area contributed by atoms with Gasteiger partial charge >= 0.3 is 0 Å². The number of hydrogen-bond acceptors (Lipinski definition) is 5. The molecule has 6 heteroatoms. The Morgan fingerprint density at radius 3 is 2.68 bits per heavy atom. The van der Waals surface area contributed by atoms with Crippen LogP contribution in [0.25, 0.3) is 0 Å². The van der Waals surface area contributed by atoms with E-state index >= 15 is 0 Å². The lowest BCUT2D eigenvalue weighted by Crippen LogP contribution is -2.24. The molecule has 0 fully saturated rings. The molecule has 2 aromatic heterocycles. The molecule has 0 bridgehead atoms. The second-order valence-corrected chi connectivity index (χ2v) is 6.48. The van der Waals surface area contributed by atoms with Gasteiger partial charge in [-0.3, -0.25) is 0 Å². The molecule has 0 spiro atoms. The third-order valence-electron chi connectivity index (χ3n) is 4.16. The minimum atomic E-state index is 0.144. The highest BCUT2D eigenvalue weighted by atomic mass is 15.4. The van der Waals surface area contributed by atoms with Crippen LogP contribution in [0, 0.1) is 19.8 Å². The zero-order valence-corrected chi connectivity index (χ0v) is 13.8. The molecule has 0 amide bonds. The molecule has 0 radical (unpaired) electrons. The molecule has 2 aromatic rings. The summed E-state index contributed by atoms with van der Waals surface area (Å²) < 4.78 is 1.97. The highest BCUT2D eigenvalue weighted by Gasteiger charge is 2.23. The standard InChI is InChI=1S/C16H24N6/c1-10(2)8-13-11(3)19-16(20-12(13)4)21-14-6-5-7-22-15(14)17-9-18-22/h9-10,14H,5-8H2,1-4H3,(H,19,20,21)/t14-/m0/s1. The molecular formula is C16H24N6. The van der Waals surface area contributed by atoms with E-state index in [0.29, 0.717) is 11.9 Å². The van der Waals surface area contributed by atoms with Crippen molar-refractivity contribution < 1.29 is 0 Å². The molecule has 0 unspecified atom stereocenters. The van der Waals surface area contributed by atoms with Gasteiger partial charge in [0.1, 0.15) is 12.2 Å². The van der Waals surface area contributed by atoms with Crippen molar-refractivity contribution in [1.82, 2.24) is 24.7 Å². The molecule has 3 heterocycles. The first-order valence-electron chi connectivity index (χ1n) is 8.03. The van der Waals surface area contributed by atoms with Crippen LogP contribution in [0.3, 0.4) is 0 Å². The molecule has 0 aliphatic carbocycles. The third-order valence-corrected chi connectivity index (χ3v) is 4.16. The summed E-state index contributed by atoms with van der Waals surface area (Å²) in [5.41, 5.74) is 3.41. The predicted octanol–water partition coefficient (Wildman–Crippen LogP) is 2.83. The average Bonchev–Trinajstić information content (AvgIpc) is 2.92. The molecule has 3 rings (SSSR count). The largest absolute Gasteiger partial charge is 0.344 e. The fraction of sp³-hybridized carbons (Fsp3) is 0.625. The minimum Gasteiger partial charge on any atom is -0.344 e. The van der Waals surface area contributed by atoms with E-state index in [4.69, 9.17) is 0 Å². The first kappa shape index (κ1) is 14.9. The van der Waals surface area contributed by atoms with Gasteiger partial charge in [-0.1, -0.05) is 13.8 Å². The highest BCUT2D eigenvalue weighted by Crippen LogP contribution is 2.26. The van der Waals surface area contributed by atoms with Gasteiger partial charge in [-0.05, 0) is 44.6 Å². The highest BCUT2D eigenvalue weighted by molar-refractivity contribution is 5.35. The van der Waals surface area contributed by atoms with Crippen molar-refractivity contribution >= 4 is 5.95 Å². The van der Waals surface area contributed by atoms with Gasteiger partial charge in [-0.15, -0.1) is 0 Å². The summed E-state index contributed by atoms with van der Waals surface area (Å²) in [4.78, 5) is 13.7. The van der Waals surface area contributed by atoms with Crippen LogP contribution in [-0.4, -0.2) is 24.7 Å². The fourth-order valence-corrected chi connectivity index (χ4v) is 3.09. The van der Waals surface area contributed by atoms with Crippen LogP contribution in [0.5, 0.6) is 0 Å². The SMILES string of the molecule is Cc1nc(N[C@H]2CCCn3ncnc32)nc(C)c1CC(C)C. The number of anilines is 1. The fourth-order valence-electron chi connectivity index (χ4n) is 3.09. The zero-order chi connectivity index (χ0) is 15.7. The van der Waals surface area contributed by atoms with Crippen molar-refractivity contribution in [3.05, 3.63) is 29.1 Å². The predicted molar refractivity (Wildman–Crippen MR) is 85.7 cm³/mol. The van der Waals surface area contributed by atoms with Crippen LogP contribution in [0.1, 0.15) is 55.5 Å². The van der Waals surface area contributed by atoms with E-state index in [-0.39, 0.29) is 6.04 Å². The first-order valence-corrected chi connectivity index (χ1v) is 8.03. The lowest BCUT2D eigenvalue weighted by atomic mass is 10.0. The molecule has 6 nitrogen and oxygen atoms in total. The Hall–Kier alpha value is -1.98. The van der Waals surface area contributed by atoms with Crippen LogP contribution in [0.4, 0.5) is 5.95 Å². The number of aryl methyl sites for hydroxylation is 3. The molecule has 0 aromatic carbocycles. The number of rotatable bonds is 4. The maximum absolute atomic E-state index is 4.66. The van der Waals surface area contributed by atoms with E-state index in [0.717, 1.165) is 43.0 Å². The molecule has 1 aliphatic heterocycles. The summed E-state index contributed by atoms with van der Waals surface area (Å²) in [6, 6.07) is 0.144. The third kappa shape index (κ3) is 2.96. The van der Waals surface area contributed by atoms with Gasteiger partial charge in [0.05, 0.1) is 6.04 Å². The van der Waals surface area contributed by atoms with Gasteiger partial charge in [0.15, 0.2) is 0 Å². The van der Waals surface area contributed by atoms with Crippen molar-refractivity contribution in [1.29, 1.82) is 0 Å². The normalized spacial score (nSPS) is 17.6. The average molecular weight is 300 g/mol. The van der Waals surface area contributed by atoms with Gasteiger partial charge in [0, 0.05) is 17.9 Å². The zero-order valence-electron chi connectivity index (χ0n) is 13.8. The number of fused-ring (bicyclic) bond motifs is 1. The van der Waals surface area contributed by atoms with Gasteiger partial charge in [-0.2, -0.15) is 5.10 Å². The number of nitrogens with zero attached hydrogens (tertiary/aromatic N) is 5. The van der Waals surface area contributed by atoms with Crippen LogP contribution in [-0.2, 0) is 13.0 Å². The summed E-state index contributed by atoms with van der Waals surface area (Å²) in [7, 11) is 0. The Labute approximate surface area is 131 Å².